The summed E-state index contributed by atoms with van der Waals surface area (Å²) < 4.78 is 16.2. The lowest BCUT2D eigenvalue weighted by molar-refractivity contribution is -0.138. The molecule has 9 aliphatic heterocycles. The number of anilines is 3. The van der Waals surface area contributed by atoms with E-state index in [9.17, 15) is 43.2 Å². The van der Waals surface area contributed by atoms with Gasteiger partial charge in [-0.3, -0.25) is 73.8 Å². The molecule has 0 radical (unpaired) electrons. The van der Waals surface area contributed by atoms with Crippen molar-refractivity contribution in [3.8, 4) is 0 Å². The van der Waals surface area contributed by atoms with Crippen LogP contribution in [0.3, 0.4) is 0 Å². The predicted molar refractivity (Wildman–Crippen MR) is 367 cm³/mol. The van der Waals surface area contributed by atoms with E-state index in [0.717, 1.165) is 149 Å². The molecular formula is C75H84N12O12. The molecule has 6 fully saturated rings. The molecule has 24 nitrogen and oxygen atoms in total. The summed E-state index contributed by atoms with van der Waals surface area (Å²) in [4.78, 5) is 122. The standard InChI is InChI=1S/3C25H28N4O4/c3*30-23-9-8-22(24(31)27-23)29-16-20-19(25(29)32)2-1-3-21(20)26-14-17-4-6-18(7-5-17)15-28-10-12-33-13-11-28/h3*1-7,22,26H,8-16H2,(H,27,30,31)/t2*22-;/m10./s1. The molecule has 9 heterocycles. The maximum absolute atomic E-state index is 13.0. The third-order valence-corrected chi connectivity index (χ3v) is 19.8. The van der Waals surface area contributed by atoms with Gasteiger partial charge < -0.3 is 44.9 Å². The molecule has 6 aromatic carbocycles. The van der Waals surface area contributed by atoms with Gasteiger partial charge in [-0.05, 0) is 89.0 Å². The summed E-state index contributed by atoms with van der Waals surface area (Å²) in [6.45, 7) is 16.4. The van der Waals surface area contributed by atoms with Gasteiger partial charge in [0.05, 0.1) is 39.6 Å². The largest absolute Gasteiger partial charge is 0.381 e. The Morgan fingerprint density at radius 3 is 0.838 bits per heavy atom. The van der Waals surface area contributed by atoms with E-state index in [0.29, 0.717) is 75.2 Å². The average molecular weight is 1350 g/mol. The fourth-order valence-corrected chi connectivity index (χ4v) is 14.2. The highest BCUT2D eigenvalue weighted by molar-refractivity contribution is 6.08. The minimum atomic E-state index is -0.602. The zero-order valence-electron chi connectivity index (χ0n) is 55.5. The van der Waals surface area contributed by atoms with Gasteiger partial charge in [0.15, 0.2) is 0 Å². The zero-order valence-corrected chi connectivity index (χ0v) is 55.5. The molecule has 6 saturated heterocycles. The van der Waals surface area contributed by atoms with Gasteiger partial charge in [0.1, 0.15) is 18.1 Å². The number of rotatable bonds is 18. The van der Waals surface area contributed by atoms with Crippen molar-refractivity contribution in [2.45, 2.75) is 116 Å². The number of piperidine rings is 3. The highest BCUT2D eigenvalue weighted by Gasteiger charge is 2.43. The minimum absolute atomic E-state index is 0.157. The van der Waals surface area contributed by atoms with Gasteiger partial charge in [0, 0.05) is 168 Å². The molecule has 0 saturated carbocycles. The first-order chi connectivity index (χ1) is 48.2. The van der Waals surface area contributed by atoms with Gasteiger partial charge in [-0.15, -0.1) is 0 Å². The van der Waals surface area contributed by atoms with Crippen LogP contribution in [0.15, 0.2) is 127 Å². The quantitative estimate of drug-likeness (QED) is 0.0565. The normalized spacial score (nSPS) is 21.2. The lowest BCUT2D eigenvalue weighted by Gasteiger charge is -2.29. The molecule has 99 heavy (non-hydrogen) atoms. The molecule has 3 atom stereocenters. The van der Waals surface area contributed by atoms with Gasteiger partial charge in [-0.2, -0.15) is 0 Å². The molecule has 0 spiro atoms. The number of ether oxygens (including phenoxy) is 3. The van der Waals surface area contributed by atoms with E-state index in [-0.39, 0.29) is 72.4 Å². The van der Waals surface area contributed by atoms with E-state index in [4.69, 9.17) is 14.2 Å². The van der Waals surface area contributed by atoms with Crippen molar-refractivity contribution in [2.24, 2.45) is 0 Å². The zero-order chi connectivity index (χ0) is 68.4. The Bertz CT molecular complexity index is 3590. The Morgan fingerprint density at radius 1 is 0.333 bits per heavy atom. The number of benzene rings is 6. The first-order valence-corrected chi connectivity index (χ1v) is 34.4. The first kappa shape index (κ1) is 67.9. The van der Waals surface area contributed by atoms with Crippen molar-refractivity contribution in [3.63, 3.8) is 0 Å². The van der Waals surface area contributed by atoms with Crippen LogP contribution in [0.25, 0.3) is 0 Å². The number of carbonyl (C=O) groups excluding carboxylic acids is 9. The Labute approximate surface area is 575 Å². The number of carbonyl (C=O) groups is 9. The summed E-state index contributed by atoms with van der Waals surface area (Å²) in [7, 11) is 0. The maximum atomic E-state index is 13.0. The Hall–Kier alpha value is -9.69. The number of hydrogen-bond acceptors (Lipinski definition) is 18. The lowest BCUT2D eigenvalue weighted by Crippen LogP contribution is -2.52. The molecule has 0 aliphatic carbocycles. The molecule has 9 amide bonds. The van der Waals surface area contributed by atoms with Crippen molar-refractivity contribution in [1.82, 2.24) is 45.3 Å². The summed E-state index contributed by atoms with van der Waals surface area (Å²) in [5.41, 5.74) is 14.6. The summed E-state index contributed by atoms with van der Waals surface area (Å²) in [5, 5.41) is 17.4. The van der Waals surface area contributed by atoms with E-state index in [1.54, 1.807) is 32.9 Å². The Morgan fingerprint density at radius 2 is 0.586 bits per heavy atom. The van der Waals surface area contributed by atoms with Crippen molar-refractivity contribution >= 4 is 70.2 Å². The minimum Gasteiger partial charge on any atom is -0.381 e. The Balaban J connectivity index is 0.000000133. The second-order valence-electron chi connectivity index (χ2n) is 26.4. The van der Waals surface area contributed by atoms with Crippen LogP contribution >= 0.6 is 0 Å². The van der Waals surface area contributed by atoms with E-state index in [1.807, 2.05) is 36.4 Å². The number of amides is 9. The van der Waals surface area contributed by atoms with Crippen molar-refractivity contribution in [1.29, 1.82) is 0 Å². The summed E-state index contributed by atoms with van der Waals surface area (Å²) >= 11 is 0. The Kier molecular flexibility index (Phi) is 21.6. The third-order valence-electron chi connectivity index (χ3n) is 19.8. The van der Waals surface area contributed by atoms with E-state index < -0.39 is 18.1 Å². The van der Waals surface area contributed by atoms with Crippen LogP contribution in [-0.2, 0) is 102 Å². The monoisotopic (exact) mass is 1340 g/mol. The number of hydrogen-bond donors (Lipinski definition) is 6. The number of nitrogens with zero attached hydrogens (tertiary/aromatic N) is 6. The molecule has 24 heteroatoms. The molecule has 6 aromatic rings. The maximum Gasteiger partial charge on any atom is 0.255 e. The van der Waals surface area contributed by atoms with Gasteiger partial charge >= 0.3 is 0 Å². The molecule has 6 N–H and O–H groups in total. The molecule has 0 aromatic heterocycles. The molecule has 9 aliphatic rings. The fourth-order valence-electron chi connectivity index (χ4n) is 14.2. The highest BCUT2D eigenvalue weighted by Crippen LogP contribution is 2.36. The third kappa shape index (κ3) is 16.4. The molecule has 15 rings (SSSR count). The molecule has 0 bridgehead atoms. The SMILES string of the molecule is O=C1CCC(N2Cc3c(NCc4ccc(CN5CCOCC5)cc4)cccc3C2=O)C(=O)N1.O=C1CC[C@@H](N2Cc3c(NCc4ccc(CN5CCOCC5)cc4)cccc3C2=O)C(=O)N1.O=C1CC[C@H](N2Cc3c(NCc4ccc(CN5CCOCC5)cc4)cccc3C2=O)C(=O)N1. The number of nitrogens with one attached hydrogen (secondary N) is 6. The van der Waals surface area contributed by atoms with Crippen LogP contribution in [0.2, 0.25) is 0 Å². The van der Waals surface area contributed by atoms with Gasteiger partial charge in [-0.25, -0.2) is 0 Å². The fraction of sp³-hybridized carbons (Fsp3) is 0.400. The lowest BCUT2D eigenvalue weighted by atomic mass is 10.0. The van der Waals surface area contributed by atoms with Gasteiger partial charge in [0.25, 0.3) is 17.7 Å². The molecular weight excluding hydrogens is 1260 g/mol. The second kappa shape index (κ2) is 31.4. The van der Waals surface area contributed by atoms with Crippen molar-refractivity contribution in [2.75, 3.05) is 94.9 Å². The molecule has 516 valence electrons. The van der Waals surface area contributed by atoms with Crippen LogP contribution in [0.4, 0.5) is 17.1 Å². The summed E-state index contributed by atoms with van der Waals surface area (Å²) in [5.74, 6) is -2.48. The number of morpholine rings is 3. The van der Waals surface area contributed by atoms with Crippen LogP contribution in [0.5, 0.6) is 0 Å². The topological polar surface area (TPSA) is 273 Å². The summed E-state index contributed by atoms with van der Waals surface area (Å²) in [6.07, 6.45) is 1.85. The van der Waals surface area contributed by atoms with Crippen LogP contribution in [0.1, 0.15) is 120 Å². The highest BCUT2D eigenvalue weighted by atomic mass is 16.5. The predicted octanol–water partition coefficient (Wildman–Crippen LogP) is 5.68. The molecule has 1 unspecified atom stereocenters. The first-order valence-electron chi connectivity index (χ1n) is 34.4. The average Bonchev–Trinajstić information content (AvgIpc) is 1.71. The van der Waals surface area contributed by atoms with Crippen LogP contribution < -0.4 is 31.9 Å². The van der Waals surface area contributed by atoms with Gasteiger partial charge in [-0.1, -0.05) is 91.0 Å². The van der Waals surface area contributed by atoms with E-state index in [2.05, 4.69) is 119 Å². The van der Waals surface area contributed by atoms with Crippen LogP contribution in [-0.4, -0.2) is 180 Å². The number of imide groups is 3. The van der Waals surface area contributed by atoms with E-state index in [1.165, 1.54) is 16.7 Å². The van der Waals surface area contributed by atoms with Crippen molar-refractivity contribution < 1.29 is 57.4 Å². The smallest absolute Gasteiger partial charge is 0.255 e. The summed E-state index contributed by atoms with van der Waals surface area (Å²) in [6, 6.07) is 40.8. The second-order valence-corrected chi connectivity index (χ2v) is 26.4. The van der Waals surface area contributed by atoms with Crippen LogP contribution in [0, 0.1) is 0 Å². The van der Waals surface area contributed by atoms with E-state index >= 15 is 0 Å². The number of fused-ring (bicyclic) bond motifs is 3. The van der Waals surface area contributed by atoms with Gasteiger partial charge in [0.2, 0.25) is 35.4 Å². The van der Waals surface area contributed by atoms with Crippen molar-refractivity contribution in [3.05, 3.63) is 194 Å².